The Bertz CT molecular complexity index is 1390. The fourth-order valence-corrected chi connectivity index (χ4v) is 3.61. The molecule has 0 saturated heterocycles. The molecule has 0 bridgehead atoms. The van der Waals surface area contributed by atoms with Crippen LogP contribution in [0.5, 0.6) is 5.75 Å². The van der Waals surface area contributed by atoms with Crippen LogP contribution in [0.15, 0.2) is 101 Å². The third-order valence-electron chi connectivity index (χ3n) is 5.06. The molecule has 0 spiro atoms. The van der Waals surface area contributed by atoms with Gasteiger partial charge in [-0.25, -0.2) is 14.0 Å². The van der Waals surface area contributed by atoms with Gasteiger partial charge in [-0.1, -0.05) is 72.3 Å². The van der Waals surface area contributed by atoms with Gasteiger partial charge in [0.15, 0.2) is 0 Å². The Morgan fingerprint density at radius 2 is 1.52 bits per heavy atom. The number of fused-ring (bicyclic) bond motifs is 1. The largest absolute Gasteiger partial charge is 0.489 e. The highest BCUT2D eigenvalue weighted by molar-refractivity contribution is 6.31. The summed E-state index contributed by atoms with van der Waals surface area (Å²) in [6.45, 7) is 0.0841. The van der Waals surface area contributed by atoms with Gasteiger partial charge in [-0.3, -0.25) is 0 Å². The van der Waals surface area contributed by atoms with Gasteiger partial charge in [0.05, 0.1) is 5.71 Å². The lowest BCUT2D eigenvalue weighted by Gasteiger charge is -2.11. The van der Waals surface area contributed by atoms with Gasteiger partial charge in [0.2, 0.25) is 0 Å². The van der Waals surface area contributed by atoms with Crippen molar-refractivity contribution >= 4 is 34.0 Å². The molecule has 162 valence electrons. The average molecular weight is 458 g/mol. The summed E-state index contributed by atoms with van der Waals surface area (Å²) >= 11 is 6.47. The number of halogens is 2. The average Bonchev–Trinajstić information content (AvgIpc) is 3.32. The number of aliphatic imine (C=N–C) groups is 1. The number of aromatic nitrogens is 2. The molecule has 5 nitrogen and oxygen atoms in total. The Kier molecular flexibility index (Phi) is 5.83. The maximum atomic E-state index is 15.1. The van der Waals surface area contributed by atoms with Crippen molar-refractivity contribution in [2.45, 2.75) is 6.61 Å². The number of benzene rings is 4. The summed E-state index contributed by atoms with van der Waals surface area (Å²) in [5.41, 5.74) is 4.28. The van der Waals surface area contributed by atoms with E-state index in [1.54, 1.807) is 18.2 Å². The van der Waals surface area contributed by atoms with Crippen LogP contribution in [0.1, 0.15) is 16.7 Å². The zero-order valence-electron chi connectivity index (χ0n) is 17.3. The summed E-state index contributed by atoms with van der Waals surface area (Å²) < 4.78 is 25.5. The topological polar surface area (TPSA) is 60.5 Å². The molecule has 0 fully saturated rings. The van der Waals surface area contributed by atoms with Crippen molar-refractivity contribution in [1.29, 1.82) is 0 Å². The van der Waals surface area contributed by atoms with Crippen molar-refractivity contribution in [1.82, 2.24) is 10.3 Å². The Morgan fingerprint density at radius 3 is 2.21 bits per heavy atom. The van der Waals surface area contributed by atoms with Crippen LogP contribution in [0.3, 0.4) is 0 Å². The Balaban J connectivity index is 1.44. The predicted octanol–water partition coefficient (Wildman–Crippen LogP) is 6.76. The third kappa shape index (κ3) is 4.61. The fraction of sp³-hybridized carbons (Fsp3) is 0.0385. The van der Waals surface area contributed by atoms with Crippen LogP contribution < -0.4 is 4.74 Å². The van der Waals surface area contributed by atoms with Gasteiger partial charge >= 0.3 is 0 Å². The van der Waals surface area contributed by atoms with Crippen molar-refractivity contribution in [2.75, 3.05) is 0 Å². The zero-order chi connectivity index (χ0) is 22.6. The molecule has 0 radical (unpaired) electrons. The number of rotatable bonds is 6. The van der Waals surface area contributed by atoms with E-state index in [1.165, 1.54) is 12.1 Å². The van der Waals surface area contributed by atoms with Gasteiger partial charge in [0, 0.05) is 27.8 Å². The summed E-state index contributed by atoms with van der Waals surface area (Å²) in [6, 6.07) is 27.3. The highest BCUT2D eigenvalue weighted by atomic mass is 35.5. The van der Waals surface area contributed by atoms with Crippen molar-refractivity contribution in [3.8, 4) is 5.75 Å². The molecular weight excluding hydrogens is 441 g/mol. The monoisotopic (exact) mass is 457 g/mol. The molecule has 1 aromatic heterocycles. The van der Waals surface area contributed by atoms with Crippen molar-refractivity contribution in [3.05, 3.63) is 119 Å². The summed E-state index contributed by atoms with van der Waals surface area (Å²) in [5, 5.41) is 7.91. The molecule has 0 aliphatic heterocycles. The molecule has 5 aromatic rings. The molecule has 0 saturated carbocycles. The maximum absolute atomic E-state index is 15.1. The molecule has 5 rings (SSSR count). The quantitative estimate of drug-likeness (QED) is 0.264. The van der Waals surface area contributed by atoms with Crippen LogP contribution in [0.25, 0.3) is 11.0 Å². The second kappa shape index (κ2) is 9.22. The lowest BCUT2D eigenvalue weighted by molar-refractivity contribution is 0.305. The zero-order valence-corrected chi connectivity index (χ0v) is 18.0. The first-order valence-electron chi connectivity index (χ1n) is 10.2. The van der Waals surface area contributed by atoms with Crippen LogP contribution in [0.2, 0.25) is 5.02 Å². The van der Waals surface area contributed by atoms with Crippen LogP contribution in [0.4, 0.5) is 10.1 Å². The Labute approximate surface area is 194 Å². The first-order valence-corrected chi connectivity index (χ1v) is 10.6. The summed E-state index contributed by atoms with van der Waals surface area (Å²) in [5.74, 6) is 0.0609. The molecule has 0 atom stereocenters. The molecule has 1 heterocycles. The molecule has 4 aromatic carbocycles. The Morgan fingerprint density at radius 1 is 0.848 bits per heavy atom. The van der Waals surface area contributed by atoms with E-state index in [2.05, 4.69) is 19.9 Å². The van der Waals surface area contributed by atoms with Crippen LogP contribution in [-0.2, 0) is 6.61 Å². The molecule has 0 aliphatic rings. The molecule has 33 heavy (non-hydrogen) atoms. The van der Waals surface area contributed by atoms with E-state index in [1.807, 2.05) is 60.7 Å². The molecule has 7 heteroatoms. The van der Waals surface area contributed by atoms with Gasteiger partial charge in [-0.05, 0) is 34.6 Å². The van der Waals surface area contributed by atoms with E-state index >= 15 is 4.39 Å². The second-order valence-electron chi connectivity index (χ2n) is 7.29. The van der Waals surface area contributed by atoms with E-state index in [-0.39, 0.29) is 12.3 Å². The molecular formula is C26H17ClFN3O2. The third-order valence-corrected chi connectivity index (χ3v) is 5.41. The van der Waals surface area contributed by atoms with Gasteiger partial charge < -0.3 is 4.74 Å². The minimum absolute atomic E-state index is 0.0841. The second-order valence-corrected chi connectivity index (χ2v) is 7.70. The minimum atomic E-state index is -0.487. The van der Waals surface area contributed by atoms with E-state index in [9.17, 15) is 0 Å². The van der Waals surface area contributed by atoms with Gasteiger partial charge in [0.1, 0.15) is 34.9 Å². The summed E-state index contributed by atoms with van der Waals surface area (Å²) in [4.78, 5) is 4.64. The van der Waals surface area contributed by atoms with Crippen LogP contribution in [0, 0.1) is 5.82 Å². The highest BCUT2D eigenvalue weighted by Gasteiger charge is 2.13. The number of hydrogen-bond donors (Lipinski definition) is 0. The van der Waals surface area contributed by atoms with Crippen LogP contribution >= 0.6 is 11.6 Å². The first kappa shape index (κ1) is 20.8. The van der Waals surface area contributed by atoms with Crippen molar-refractivity contribution in [3.63, 3.8) is 0 Å². The lowest BCUT2D eigenvalue weighted by Crippen LogP contribution is -2.03. The van der Waals surface area contributed by atoms with Gasteiger partial charge in [-0.15, -0.1) is 0 Å². The minimum Gasteiger partial charge on any atom is -0.489 e. The molecule has 0 aliphatic carbocycles. The molecule has 0 N–H and O–H groups in total. The molecule has 0 unspecified atom stereocenters. The standard InChI is InChI=1S/C26H17ClFN3O2/c27-21-15-24(29-26(17-7-3-1-4-8-17)18-9-5-2-6-10-18)22(28)13-19(21)16-32-20-11-12-23-25(14-20)31-33-30-23/h1-15H,16H2. The Hall–Kier alpha value is -4.03. The highest BCUT2D eigenvalue weighted by Crippen LogP contribution is 2.29. The SMILES string of the molecule is Fc1cc(COc2ccc3nonc3c2)c(Cl)cc1N=C(c1ccccc1)c1ccccc1. The van der Waals surface area contributed by atoms with Crippen molar-refractivity contribution in [2.24, 2.45) is 4.99 Å². The van der Waals surface area contributed by atoms with Gasteiger partial charge in [-0.2, -0.15) is 0 Å². The smallest absolute Gasteiger partial charge is 0.149 e. The summed E-state index contributed by atoms with van der Waals surface area (Å²) in [6.07, 6.45) is 0. The van der Waals surface area contributed by atoms with Crippen molar-refractivity contribution < 1.29 is 13.8 Å². The summed E-state index contributed by atoms with van der Waals surface area (Å²) in [7, 11) is 0. The number of hydrogen-bond acceptors (Lipinski definition) is 5. The number of nitrogens with zero attached hydrogens (tertiary/aromatic N) is 3. The van der Waals surface area contributed by atoms with Gasteiger partial charge in [0.25, 0.3) is 0 Å². The first-order chi connectivity index (χ1) is 16.2. The lowest BCUT2D eigenvalue weighted by atomic mass is 10.0. The van der Waals surface area contributed by atoms with E-state index in [0.717, 1.165) is 11.1 Å². The molecule has 0 amide bonds. The van der Waals surface area contributed by atoms with Crippen LogP contribution in [-0.4, -0.2) is 16.0 Å². The van der Waals surface area contributed by atoms with E-state index in [4.69, 9.17) is 16.3 Å². The maximum Gasteiger partial charge on any atom is 0.149 e. The number of ether oxygens (including phenoxy) is 1. The fourth-order valence-electron chi connectivity index (χ4n) is 3.39. The normalized spacial score (nSPS) is 10.8. The van der Waals surface area contributed by atoms with E-state index < -0.39 is 5.82 Å². The van der Waals surface area contributed by atoms with E-state index in [0.29, 0.717) is 33.1 Å². The predicted molar refractivity (Wildman–Crippen MR) is 126 cm³/mol.